The minimum Gasteiger partial charge on any atom is -0.324 e. The maximum Gasteiger partial charge on any atom is 0.0537 e. The fourth-order valence-corrected chi connectivity index (χ4v) is 1.94. The Morgan fingerprint density at radius 3 is 2.86 bits per heavy atom. The summed E-state index contributed by atoms with van der Waals surface area (Å²) in [4.78, 5) is 0. The van der Waals surface area contributed by atoms with E-state index in [1.165, 1.54) is 31.2 Å². The molecule has 0 saturated heterocycles. The van der Waals surface area contributed by atoms with E-state index in [9.17, 15) is 0 Å². The van der Waals surface area contributed by atoms with E-state index < -0.39 is 0 Å². The molecule has 0 radical (unpaired) electrons. The molecule has 1 atom stereocenters. The van der Waals surface area contributed by atoms with E-state index in [0.29, 0.717) is 0 Å². The molecule has 2 fully saturated rings. The smallest absolute Gasteiger partial charge is 0.0537 e. The Balaban J connectivity index is 1.68. The lowest BCUT2D eigenvalue weighted by Crippen LogP contribution is -2.11. The summed E-state index contributed by atoms with van der Waals surface area (Å²) in [6.45, 7) is 1.09. The largest absolute Gasteiger partial charge is 0.324 e. The van der Waals surface area contributed by atoms with Gasteiger partial charge in [-0.25, -0.2) is 0 Å². The number of hydrogen-bond donors (Lipinski definition) is 1. The summed E-state index contributed by atoms with van der Waals surface area (Å²) in [6.07, 6.45) is 9.45. The highest BCUT2D eigenvalue weighted by atomic mass is 15.3. The third-order valence-corrected chi connectivity index (χ3v) is 3.31. The maximum absolute atomic E-state index is 6.11. The predicted octanol–water partition coefficient (Wildman–Crippen LogP) is 1.70. The van der Waals surface area contributed by atoms with Crippen LogP contribution in [0.25, 0.3) is 0 Å². The Bertz CT molecular complexity index is 323. The summed E-state index contributed by atoms with van der Waals surface area (Å²) in [7, 11) is 0. The first kappa shape index (κ1) is 8.48. The molecular formula is C11H17N3. The molecule has 1 aromatic rings. The van der Waals surface area contributed by atoms with E-state index in [1.54, 1.807) is 0 Å². The molecule has 2 aliphatic rings. The van der Waals surface area contributed by atoms with Crippen molar-refractivity contribution in [2.24, 2.45) is 17.6 Å². The van der Waals surface area contributed by atoms with Gasteiger partial charge in [-0.1, -0.05) is 0 Å². The Morgan fingerprint density at radius 1 is 1.43 bits per heavy atom. The van der Waals surface area contributed by atoms with Crippen molar-refractivity contribution in [3.05, 3.63) is 18.0 Å². The van der Waals surface area contributed by atoms with E-state index >= 15 is 0 Å². The number of aromatic nitrogens is 2. The summed E-state index contributed by atoms with van der Waals surface area (Å²) in [5.41, 5.74) is 7.34. The van der Waals surface area contributed by atoms with E-state index in [2.05, 4.69) is 16.0 Å². The molecule has 0 spiro atoms. The molecule has 0 aromatic carbocycles. The van der Waals surface area contributed by atoms with Crippen LogP contribution in [0.3, 0.4) is 0 Å². The molecule has 3 rings (SSSR count). The van der Waals surface area contributed by atoms with Gasteiger partial charge < -0.3 is 5.73 Å². The van der Waals surface area contributed by atoms with Crippen molar-refractivity contribution in [2.75, 3.05) is 0 Å². The zero-order chi connectivity index (χ0) is 9.54. The zero-order valence-electron chi connectivity index (χ0n) is 8.39. The van der Waals surface area contributed by atoms with Gasteiger partial charge in [0.05, 0.1) is 6.20 Å². The van der Waals surface area contributed by atoms with Gasteiger partial charge in [0.2, 0.25) is 0 Å². The first-order chi connectivity index (χ1) is 6.83. The Labute approximate surface area is 84.3 Å². The summed E-state index contributed by atoms with van der Waals surface area (Å²) < 4.78 is 2.06. The number of nitrogens with two attached hydrogens (primary N) is 1. The highest BCUT2D eigenvalue weighted by Gasteiger charge is 2.30. The van der Waals surface area contributed by atoms with Crippen LogP contribution >= 0.6 is 0 Å². The number of hydrogen-bond acceptors (Lipinski definition) is 2. The van der Waals surface area contributed by atoms with Crippen LogP contribution in [0.15, 0.2) is 12.4 Å². The quantitative estimate of drug-likeness (QED) is 0.787. The van der Waals surface area contributed by atoms with Gasteiger partial charge in [-0.3, -0.25) is 4.68 Å². The second-order valence-corrected chi connectivity index (χ2v) is 4.80. The minimum absolute atomic E-state index is 0.239. The molecule has 76 valence electrons. The van der Waals surface area contributed by atoms with Crippen molar-refractivity contribution < 1.29 is 0 Å². The fraction of sp³-hybridized carbons (Fsp3) is 0.727. The molecule has 0 unspecified atom stereocenters. The zero-order valence-corrected chi connectivity index (χ0v) is 8.39. The summed E-state index contributed by atoms with van der Waals surface area (Å²) in [5.74, 6) is 1.62. The van der Waals surface area contributed by atoms with Crippen molar-refractivity contribution in [1.82, 2.24) is 9.78 Å². The maximum atomic E-state index is 6.11. The lowest BCUT2D eigenvalue weighted by molar-refractivity contribution is 0.560. The van der Waals surface area contributed by atoms with Crippen LogP contribution in [-0.4, -0.2) is 9.78 Å². The Kier molecular flexibility index (Phi) is 1.87. The molecule has 2 aliphatic carbocycles. The van der Waals surface area contributed by atoms with E-state index in [-0.39, 0.29) is 6.04 Å². The Hall–Kier alpha value is -0.830. The monoisotopic (exact) mass is 191 g/mol. The van der Waals surface area contributed by atoms with Gasteiger partial charge >= 0.3 is 0 Å². The van der Waals surface area contributed by atoms with Crippen LogP contribution in [0.4, 0.5) is 0 Å². The molecule has 1 aromatic heterocycles. The van der Waals surface area contributed by atoms with Crippen LogP contribution in [-0.2, 0) is 6.54 Å². The second-order valence-electron chi connectivity index (χ2n) is 4.80. The summed E-state index contributed by atoms with van der Waals surface area (Å²) >= 11 is 0. The van der Waals surface area contributed by atoms with Crippen LogP contribution in [0.5, 0.6) is 0 Å². The molecule has 3 heteroatoms. The van der Waals surface area contributed by atoms with Gasteiger partial charge in [0.25, 0.3) is 0 Å². The predicted molar refractivity (Wildman–Crippen MR) is 54.6 cm³/mol. The van der Waals surface area contributed by atoms with Crippen molar-refractivity contribution in [2.45, 2.75) is 38.3 Å². The second kappa shape index (κ2) is 3.09. The van der Waals surface area contributed by atoms with E-state index in [4.69, 9.17) is 5.73 Å². The molecule has 2 N–H and O–H groups in total. The standard InChI is InChI=1S/C11H17N3/c12-11(9-3-4-9)10-5-13-14(7-10)6-8-1-2-8/h5,7-9,11H,1-4,6,12H2/t11-/m0/s1. The van der Waals surface area contributed by atoms with E-state index in [0.717, 1.165) is 18.4 Å². The topological polar surface area (TPSA) is 43.8 Å². The molecule has 1 heterocycles. The average Bonchev–Trinajstić information content (AvgIpc) is 3.04. The highest BCUT2D eigenvalue weighted by molar-refractivity contribution is 5.13. The van der Waals surface area contributed by atoms with Gasteiger partial charge in [0.1, 0.15) is 0 Å². The normalized spacial score (nSPS) is 23.8. The molecule has 0 bridgehead atoms. The van der Waals surface area contributed by atoms with Crippen molar-refractivity contribution in [3.63, 3.8) is 0 Å². The molecular weight excluding hydrogens is 174 g/mol. The molecule has 14 heavy (non-hydrogen) atoms. The van der Waals surface area contributed by atoms with Crippen molar-refractivity contribution in [1.29, 1.82) is 0 Å². The molecule has 0 amide bonds. The van der Waals surface area contributed by atoms with E-state index in [1.807, 2.05) is 6.20 Å². The highest BCUT2D eigenvalue weighted by Crippen LogP contribution is 2.39. The van der Waals surface area contributed by atoms with Crippen LogP contribution in [0.2, 0.25) is 0 Å². The summed E-state index contributed by atoms with van der Waals surface area (Å²) in [6, 6.07) is 0.239. The third-order valence-electron chi connectivity index (χ3n) is 3.31. The molecule has 3 nitrogen and oxygen atoms in total. The number of nitrogens with zero attached hydrogens (tertiary/aromatic N) is 2. The van der Waals surface area contributed by atoms with Crippen molar-refractivity contribution >= 4 is 0 Å². The minimum atomic E-state index is 0.239. The van der Waals surface area contributed by atoms with Gasteiger partial charge in [-0.05, 0) is 37.5 Å². The molecule has 2 saturated carbocycles. The third kappa shape index (κ3) is 1.69. The first-order valence-electron chi connectivity index (χ1n) is 5.61. The fourth-order valence-electron chi connectivity index (χ4n) is 1.94. The number of rotatable bonds is 4. The first-order valence-corrected chi connectivity index (χ1v) is 5.61. The SMILES string of the molecule is N[C@H](c1cnn(CC2CC2)c1)C1CC1. The Morgan fingerprint density at radius 2 is 2.21 bits per heavy atom. The lowest BCUT2D eigenvalue weighted by Gasteiger charge is -2.05. The average molecular weight is 191 g/mol. The lowest BCUT2D eigenvalue weighted by atomic mass is 10.1. The van der Waals surface area contributed by atoms with Crippen LogP contribution in [0, 0.1) is 11.8 Å². The van der Waals surface area contributed by atoms with Crippen LogP contribution in [0.1, 0.15) is 37.3 Å². The van der Waals surface area contributed by atoms with Crippen LogP contribution < -0.4 is 5.73 Å². The van der Waals surface area contributed by atoms with Gasteiger partial charge in [-0.15, -0.1) is 0 Å². The van der Waals surface area contributed by atoms with Gasteiger partial charge in [0.15, 0.2) is 0 Å². The molecule has 0 aliphatic heterocycles. The van der Waals surface area contributed by atoms with Gasteiger partial charge in [-0.2, -0.15) is 5.10 Å². The van der Waals surface area contributed by atoms with Gasteiger partial charge in [0, 0.05) is 24.3 Å². The van der Waals surface area contributed by atoms with Crippen molar-refractivity contribution in [3.8, 4) is 0 Å². The summed E-state index contributed by atoms with van der Waals surface area (Å²) in [5, 5.41) is 4.36.